The van der Waals surface area contributed by atoms with Gasteiger partial charge in [0.2, 0.25) is 0 Å². The molecule has 0 aromatic carbocycles. The number of hydrogen-bond acceptors (Lipinski definition) is 3. The van der Waals surface area contributed by atoms with Crippen LogP contribution in [0.25, 0.3) is 0 Å². The first-order valence-corrected chi connectivity index (χ1v) is 5.91. The average Bonchev–Trinajstić information content (AvgIpc) is 2.67. The maximum atomic E-state index is 9.18. The summed E-state index contributed by atoms with van der Waals surface area (Å²) in [4.78, 5) is 0. The van der Waals surface area contributed by atoms with E-state index in [1.807, 2.05) is 17.1 Å². The van der Waals surface area contributed by atoms with Gasteiger partial charge in [0.1, 0.15) is 0 Å². The summed E-state index contributed by atoms with van der Waals surface area (Å²) in [5.41, 5.74) is 1.16. The van der Waals surface area contributed by atoms with E-state index in [9.17, 15) is 5.11 Å². The van der Waals surface area contributed by atoms with Crippen LogP contribution >= 0.6 is 0 Å². The number of nitrogens with one attached hydrogen (secondary N) is 1. The van der Waals surface area contributed by atoms with Gasteiger partial charge in [-0.25, -0.2) is 0 Å². The third-order valence-electron chi connectivity index (χ3n) is 2.75. The average molecular weight is 225 g/mol. The molecule has 0 bridgehead atoms. The molecule has 1 heterocycles. The molecule has 2 N–H and O–H groups in total. The lowest BCUT2D eigenvalue weighted by Crippen LogP contribution is -2.36. The Bertz CT molecular complexity index is 307. The summed E-state index contributed by atoms with van der Waals surface area (Å²) in [6.45, 7) is 9.35. The minimum atomic E-state index is 0.155. The Morgan fingerprint density at radius 1 is 1.38 bits per heavy atom. The lowest BCUT2D eigenvalue weighted by molar-refractivity contribution is 0.210. The molecule has 0 aliphatic carbocycles. The summed E-state index contributed by atoms with van der Waals surface area (Å²) in [6, 6.07) is 0.551. The molecular weight excluding hydrogens is 202 g/mol. The van der Waals surface area contributed by atoms with Crippen LogP contribution in [-0.2, 0) is 6.54 Å². The summed E-state index contributed by atoms with van der Waals surface area (Å²) in [5, 5.41) is 16.8. The maximum Gasteiger partial charge on any atom is 0.0587 e. The van der Waals surface area contributed by atoms with Gasteiger partial charge in [0.15, 0.2) is 0 Å². The molecular formula is C12H23N3O. The predicted octanol–water partition coefficient (Wildman–Crippen LogP) is 1.57. The highest BCUT2D eigenvalue weighted by molar-refractivity contribution is 5.04. The van der Waals surface area contributed by atoms with Crippen LogP contribution in [0.1, 0.15) is 39.3 Å². The Morgan fingerprint density at radius 2 is 2.06 bits per heavy atom. The SMILES string of the molecule is CC(C)C(CO)NCc1cnn(C(C)C)c1. The molecule has 16 heavy (non-hydrogen) atoms. The Kier molecular flexibility index (Phi) is 4.96. The first-order valence-electron chi connectivity index (χ1n) is 5.91. The number of aromatic nitrogens is 2. The van der Waals surface area contributed by atoms with E-state index in [0.29, 0.717) is 12.0 Å². The lowest BCUT2D eigenvalue weighted by atomic mass is 10.1. The summed E-state index contributed by atoms with van der Waals surface area (Å²) in [5.74, 6) is 0.435. The van der Waals surface area contributed by atoms with Crippen molar-refractivity contribution in [2.45, 2.75) is 46.3 Å². The van der Waals surface area contributed by atoms with Gasteiger partial charge in [-0.1, -0.05) is 13.8 Å². The number of aliphatic hydroxyl groups is 1. The van der Waals surface area contributed by atoms with Gasteiger partial charge in [0.05, 0.1) is 12.8 Å². The van der Waals surface area contributed by atoms with Crippen LogP contribution in [0.2, 0.25) is 0 Å². The Hall–Kier alpha value is -0.870. The molecule has 1 aromatic rings. The van der Waals surface area contributed by atoms with E-state index in [1.54, 1.807) is 0 Å². The second-order valence-corrected chi connectivity index (χ2v) is 4.84. The standard InChI is InChI=1S/C12H23N3O/c1-9(2)12(8-16)13-5-11-6-14-15(7-11)10(3)4/h6-7,9-10,12-13,16H,5,8H2,1-4H3. The van der Waals surface area contributed by atoms with E-state index in [4.69, 9.17) is 0 Å². The fourth-order valence-corrected chi connectivity index (χ4v) is 1.51. The number of rotatable bonds is 6. The smallest absolute Gasteiger partial charge is 0.0587 e. The van der Waals surface area contributed by atoms with E-state index in [0.717, 1.165) is 12.1 Å². The lowest BCUT2D eigenvalue weighted by Gasteiger charge is -2.19. The van der Waals surface area contributed by atoms with Gasteiger partial charge in [-0.2, -0.15) is 5.10 Å². The van der Waals surface area contributed by atoms with Gasteiger partial charge < -0.3 is 10.4 Å². The first-order chi connectivity index (χ1) is 7.54. The van der Waals surface area contributed by atoms with E-state index < -0.39 is 0 Å². The quantitative estimate of drug-likeness (QED) is 0.772. The van der Waals surface area contributed by atoms with Crippen LogP contribution in [0.15, 0.2) is 12.4 Å². The number of hydrogen-bond donors (Lipinski definition) is 2. The van der Waals surface area contributed by atoms with Gasteiger partial charge in [0.25, 0.3) is 0 Å². The Morgan fingerprint density at radius 3 is 2.50 bits per heavy atom. The predicted molar refractivity (Wildman–Crippen MR) is 65.2 cm³/mol. The zero-order valence-corrected chi connectivity index (χ0v) is 10.6. The normalized spacial score (nSPS) is 13.7. The van der Waals surface area contributed by atoms with Crippen LogP contribution in [0.3, 0.4) is 0 Å². The van der Waals surface area contributed by atoms with Crippen molar-refractivity contribution < 1.29 is 5.11 Å². The summed E-state index contributed by atoms with van der Waals surface area (Å²) >= 11 is 0. The van der Waals surface area contributed by atoms with Crippen LogP contribution < -0.4 is 5.32 Å². The molecule has 0 saturated carbocycles. The maximum absolute atomic E-state index is 9.18. The molecule has 0 aliphatic heterocycles. The van der Waals surface area contributed by atoms with Gasteiger partial charge in [-0.15, -0.1) is 0 Å². The highest BCUT2D eigenvalue weighted by atomic mass is 16.3. The molecule has 1 atom stereocenters. The summed E-state index contributed by atoms with van der Waals surface area (Å²) in [6.07, 6.45) is 3.92. The van der Waals surface area contributed by atoms with E-state index >= 15 is 0 Å². The van der Waals surface area contributed by atoms with Crippen molar-refractivity contribution in [3.05, 3.63) is 18.0 Å². The summed E-state index contributed by atoms with van der Waals surface area (Å²) in [7, 11) is 0. The van der Waals surface area contributed by atoms with Gasteiger partial charge in [-0.05, 0) is 19.8 Å². The fourth-order valence-electron chi connectivity index (χ4n) is 1.51. The zero-order valence-electron chi connectivity index (χ0n) is 10.6. The molecule has 1 rings (SSSR count). The van der Waals surface area contributed by atoms with Crippen molar-refractivity contribution in [2.24, 2.45) is 5.92 Å². The molecule has 0 spiro atoms. The number of aliphatic hydroxyl groups excluding tert-OH is 1. The molecule has 0 amide bonds. The topological polar surface area (TPSA) is 50.1 Å². The van der Waals surface area contributed by atoms with Crippen molar-refractivity contribution in [3.8, 4) is 0 Å². The minimum Gasteiger partial charge on any atom is -0.395 e. The highest BCUT2D eigenvalue weighted by Crippen LogP contribution is 2.06. The minimum absolute atomic E-state index is 0.155. The van der Waals surface area contributed by atoms with Crippen molar-refractivity contribution in [3.63, 3.8) is 0 Å². The van der Waals surface area contributed by atoms with Crippen molar-refractivity contribution in [2.75, 3.05) is 6.61 Å². The second kappa shape index (κ2) is 6.01. The largest absolute Gasteiger partial charge is 0.395 e. The molecule has 1 aromatic heterocycles. The molecule has 0 fully saturated rings. The number of nitrogens with zero attached hydrogens (tertiary/aromatic N) is 2. The monoisotopic (exact) mass is 225 g/mol. The van der Waals surface area contributed by atoms with Crippen LogP contribution in [0.5, 0.6) is 0 Å². The van der Waals surface area contributed by atoms with Crippen molar-refractivity contribution >= 4 is 0 Å². The van der Waals surface area contributed by atoms with Crippen LogP contribution in [-0.4, -0.2) is 27.5 Å². The Balaban J connectivity index is 2.47. The van der Waals surface area contributed by atoms with Gasteiger partial charge in [-0.3, -0.25) is 4.68 Å². The molecule has 1 unspecified atom stereocenters. The molecule has 0 aliphatic rings. The third kappa shape index (κ3) is 3.61. The molecule has 0 radical (unpaired) electrons. The summed E-state index contributed by atoms with van der Waals surface area (Å²) < 4.78 is 1.94. The first kappa shape index (κ1) is 13.2. The third-order valence-corrected chi connectivity index (χ3v) is 2.75. The molecule has 0 saturated heterocycles. The zero-order chi connectivity index (χ0) is 12.1. The van der Waals surface area contributed by atoms with E-state index in [1.165, 1.54) is 0 Å². The fraction of sp³-hybridized carbons (Fsp3) is 0.750. The van der Waals surface area contributed by atoms with Gasteiger partial charge in [0, 0.05) is 30.4 Å². The van der Waals surface area contributed by atoms with Crippen LogP contribution in [0.4, 0.5) is 0 Å². The highest BCUT2D eigenvalue weighted by Gasteiger charge is 2.11. The van der Waals surface area contributed by atoms with E-state index in [2.05, 4.69) is 38.1 Å². The molecule has 4 heteroatoms. The second-order valence-electron chi connectivity index (χ2n) is 4.84. The van der Waals surface area contributed by atoms with Crippen LogP contribution in [0, 0.1) is 5.92 Å². The van der Waals surface area contributed by atoms with Crippen molar-refractivity contribution in [1.29, 1.82) is 0 Å². The van der Waals surface area contributed by atoms with Crippen molar-refractivity contribution in [1.82, 2.24) is 15.1 Å². The molecule has 4 nitrogen and oxygen atoms in total. The van der Waals surface area contributed by atoms with E-state index in [-0.39, 0.29) is 12.6 Å². The Labute approximate surface area is 97.7 Å². The van der Waals surface area contributed by atoms with Gasteiger partial charge >= 0.3 is 0 Å². The molecule has 92 valence electrons.